The Hall–Kier alpha value is -0.870. The maximum atomic E-state index is 12.9. The van der Waals surface area contributed by atoms with E-state index in [4.69, 9.17) is 4.74 Å². The van der Waals surface area contributed by atoms with E-state index in [9.17, 15) is 4.39 Å². The van der Waals surface area contributed by atoms with Crippen LogP contribution >= 0.6 is 12.4 Å². The molecule has 3 nitrogen and oxygen atoms in total. The summed E-state index contributed by atoms with van der Waals surface area (Å²) in [5.41, 5.74) is 0.520. The third kappa shape index (κ3) is 3.32. The molecule has 1 aromatic heterocycles. The van der Waals surface area contributed by atoms with Crippen LogP contribution in [-0.2, 0) is 0 Å². The molecule has 1 aliphatic rings. The molecule has 0 aromatic carbocycles. The number of nitrogens with one attached hydrogen (secondary N) is 1. The van der Waals surface area contributed by atoms with E-state index in [0.717, 1.165) is 13.0 Å². The van der Waals surface area contributed by atoms with Gasteiger partial charge in [0.15, 0.2) is 0 Å². The molecule has 0 spiro atoms. The van der Waals surface area contributed by atoms with Crippen LogP contribution in [0.3, 0.4) is 0 Å². The van der Waals surface area contributed by atoms with Gasteiger partial charge in [-0.05, 0) is 32.4 Å². The number of halogens is 2. The van der Waals surface area contributed by atoms with Crippen molar-refractivity contribution in [1.82, 2.24) is 10.3 Å². The highest BCUT2D eigenvalue weighted by Crippen LogP contribution is 2.14. The minimum Gasteiger partial charge on any atom is -0.490 e. The van der Waals surface area contributed by atoms with E-state index >= 15 is 0 Å². The Labute approximate surface area is 101 Å². The summed E-state index contributed by atoms with van der Waals surface area (Å²) in [7, 11) is 0. The van der Waals surface area contributed by atoms with Crippen molar-refractivity contribution in [2.75, 3.05) is 13.2 Å². The molecule has 0 bridgehead atoms. The Kier molecular flexibility index (Phi) is 4.96. The smallest absolute Gasteiger partial charge is 0.215 e. The van der Waals surface area contributed by atoms with Crippen molar-refractivity contribution in [3.8, 4) is 5.75 Å². The lowest BCUT2D eigenvalue weighted by molar-refractivity contribution is 0.275. The van der Waals surface area contributed by atoms with E-state index in [2.05, 4.69) is 10.3 Å². The third-order valence-corrected chi connectivity index (χ3v) is 2.60. The molecule has 0 unspecified atom stereocenters. The van der Waals surface area contributed by atoms with Crippen molar-refractivity contribution < 1.29 is 9.13 Å². The normalized spacial score (nSPS) is 19.2. The second-order valence-electron chi connectivity index (χ2n) is 3.88. The van der Waals surface area contributed by atoms with E-state index in [1.54, 1.807) is 13.0 Å². The van der Waals surface area contributed by atoms with Crippen molar-refractivity contribution in [2.45, 2.75) is 25.8 Å². The molecule has 0 radical (unpaired) electrons. The van der Waals surface area contributed by atoms with Gasteiger partial charge >= 0.3 is 0 Å². The van der Waals surface area contributed by atoms with Crippen LogP contribution in [0.4, 0.5) is 4.39 Å². The summed E-state index contributed by atoms with van der Waals surface area (Å²) in [6.07, 6.45) is 3.78. The molecule has 1 saturated heterocycles. The Morgan fingerprint density at radius 2 is 2.44 bits per heavy atom. The van der Waals surface area contributed by atoms with Crippen LogP contribution in [0.1, 0.15) is 18.4 Å². The van der Waals surface area contributed by atoms with Gasteiger partial charge in [-0.1, -0.05) is 0 Å². The predicted molar refractivity (Wildman–Crippen MR) is 62.7 cm³/mol. The zero-order chi connectivity index (χ0) is 10.7. The average Bonchev–Trinajstić information content (AvgIpc) is 2.73. The maximum Gasteiger partial charge on any atom is 0.215 e. The molecule has 5 heteroatoms. The van der Waals surface area contributed by atoms with Crippen LogP contribution in [0.2, 0.25) is 0 Å². The number of ether oxygens (including phenoxy) is 1. The van der Waals surface area contributed by atoms with E-state index in [1.807, 2.05) is 0 Å². The van der Waals surface area contributed by atoms with Crippen LogP contribution in [0.15, 0.2) is 12.3 Å². The van der Waals surface area contributed by atoms with Crippen LogP contribution in [0, 0.1) is 12.9 Å². The van der Waals surface area contributed by atoms with Gasteiger partial charge in [0.05, 0.1) is 6.20 Å². The van der Waals surface area contributed by atoms with Gasteiger partial charge in [0, 0.05) is 11.6 Å². The highest BCUT2D eigenvalue weighted by molar-refractivity contribution is 5.85. The zero-order valence-corrected chi connectivity index (χ0v) is 10.0. The molecule has 90 valence electrons. The minimum absolute atomic E-state index is 0. The summed E-state index contributed by atoms with van der Waals surface area (Å²) < 4.78 is 18.4. The topological polar surface area (TPSA) is 34.1 Å². The van der Waals surface area contributed by atoms with Crippen LogP contribution < -0.4 is 10.1 Å². The Morgan fingerprint density at radius 3 is 3.06 bits per heavy atom. The number of aromatic nitrogens is 1. The molecule has 1 N–H and O–H groups in total. The molecule has 0 aliphatic carbocycles. The number of pyridine rings is 1. The van der Waals surface area contributed by atoms with Gasteiger partial charge in [-0.25, -0.2) is 4.98 Å². The number of aryl methyl sites for hydroxylation is 1. The number of hydrogen-bond donors (Lipinski definition) is 1. The van der Waals surface area contributed by atoms with Gasteiger partial charge in [-0.2, -0.15) is 4.39 Å². The quantitative estimate of drug-likeness (QED) is 0.830. The van der Waals surface area contributed by atoms with Gasteiger partial charge in [0.2, 0.25) is 5.95 Å². The fourth-order valence-electron chi connectivity index (χ4n) is 1.71. The van der Waals surface area contributed by atoms with E-state index in [1.165, 1.54) is 12.6 Å². The Morgan fingerprint density at radius 1 is 1.62 bits per heavy atom. The molecule has 1 atom stereocenters. The lowest BCUT2D eigenvalue weighted by Gasteiger charge is -2.12. The largest absolute Gasteiger partial charge is 0.490 e. The highest BCUT2D eigenvalue weighted by Gasteiger charge is 2.14. The summed E-state index contributed by atoms with van der Waals surface area (Å²) in [5.74, 6) is 0.212. The number of rotatable bonds is 3. The Bertz CT molecular complexity index is 343. The monoisotopic (exact) mass is 246 g/mol. The van der Waals surface area contributed by atoms with Gasteiger partial charge in [-0.3, -0.25) is 0 Å². The Balaban J connectivity index is 0.00000128. The molecular weight excluding hydrogens is 231 g/mol. The maximum absolute atomic E-state index is 12.9. The zero-order valence-electron chi connectivity index (χ0n) is 9.20. The second-order valence-corrected chi connectivity index (χ2v) is 3.88. The number of hydrogen-bond acceptors (Lipinski definition) is 3. The summed E-state index contributed by atoms with van der Waals surface area (Å²) in [6.45, 7) is 3.38. The molecule has 0 saturated carbocycles. The first-order valence-electron chi connectivity index (χ1n) is 5.24. The van der Waals surface area contributed by atoms with Crippen molar-refractivity contribution in [2.24, 2.45) is 0 Å². The van der Waals surface area contributed by atoms with Crippen molar-refractivity contribution >= 4 is 12.4 Å². The van der Waals surface area contributed by atoms with E-state index in [-0.39, 0.29) is 12.4 Å². The molecule has 0 amide bonds. The minimum atomic E-state index is -0.429. The SMILES string of the molecule is Cc1cc(OC[C@@H]2CCCN2)cnc1F.Cl. The number of nitrogens with zero attached hydrogens (tertiary/aromatic N) is 1. The van der Waals surface area contributed by atoms with Gasteiger partial charge in [-0.15, -0.1) is 12.4 Å². The summed E-state index contributed by atoms with van der Waals surface area (Å²) in [6, 6.07) is 2.10. The van der Waals surface area contributed by atoms with Crippen LogP contribution in [0.5, 0.6) is 5.75 Å². The molecular formula is C11H16ClFN2O. The first kappa shape index (κ1) is 13.2. The molecule has 1 fully saturated rings. The molecule has 1 aliphatic heterocycles. The third-order valence-electron chi connectivity index (χ3n) is 2.60. The standard InChI is InChI=1S/C11H15FN2O.ClH/c1-8-5-10(6-14-11(8)12)15-7-9-3-2-4-13-9;/h5-6,9,13H,2-4,7H2,1H3;1H/t9-;/m0./s1. The lowest BCUT2D eigenvalue weighted by Crippen LogP contribution is -2.28. The van der Waals surface area contributed by atoms with Crippen molar-refractivity contribution in [3.05, 3.63) is 23.8 Å². The van der Waals surface area contributed by atoms with Crippen molar-refractivity contribution in [3.63, 3.8) is 0 Å². The van der Waals surface area contributed by atoms with Crippen molar-refractivity contribution in [1.29, 1.82) is 0 Å². The van der Waals surface area contributed by atoms with Gasteiger partial charge in [0.1, 0.15) is 12.4 Å². The lowest BCUT2D eigenvalue weighted by atomic mass is 10.2. The van der Waals surface area contributed by atoms with E-state index in [0.29, 0.717) is 24.0 Å². The van der Waals surface area contributed by atoms with Gasteiger partial charge < -0.3 is 10.1 Å². The van der Waals surface area contributed by atoms with E-state index < -0.39 is 5.95 Å². The summed E-state index contributed by atoms with van der Waals surface area (Å²) in [4.78, 5) is 3.61. The molecule has 16 heavy (non-hydrogen) atoms. The summed E-state index contributed by atoms with van der Waals surface area (Å²) in [5, 5.41) is 3.33. The van der Waals surface area contributed by atoms with Crippen LogP contribution in [0.25, 0.3) is 0 Å². The molecule has 2 heterocycles. The van der Waals surface area contributed by atoms with Crippen LogP contribution in [-0.4, -0.2) is 24.2 Å². The fourth-order valence-corrected chi connectivity index (χ4v) is 1.71. The average molecular weight is 247 g/mol. The predicted octanol–water partition coefficient (Wildman–Crippen LogP) is 2.08. The first-order valence-corrected chi connectivity index (χ1v) is 5.24. The first-order chi connectivity index (χ1) is 7.25. The molecule has 1 aromatic rings. The second kappa shape index (κ2) is 6.01. The summed E-state index contributed by atoms with van der Waals surface area (Å²) >= 11 is 0. The highest BCUT2D eigenvalue weighted by atomic mass is 35.5. The fraction of sp³-hybridized carbons (Fsp3) is 0.545. The van der Waals surface area contributed by atoms with Gasteiger partial charge in [0.25, 0.3) is 0 Å². The molecule has 2 rings (SSSR count).